The van der Waals surface area contributed by atoms with Crippen LogP contribution in [0.1, 0.15) is 37.1 Å². The topological polar surface area (TPSA) is 75.3 Å². The van der Waals surface area contributed by atoms with Crippen LogP contribution in [0.3, 0.4) is 0 Å². The number of para-hydroxylation sites is 1. The number of amides is 1. The second kappa shape index (κ2) is 7.69. The number of carbonyl (C=O) groups is 1. The second-order valence-corrected chi connectivity index (χ2v) is 8.30. The van der Waals surface area contributed by atoms with E-state index in [-0.39, 0.29) is 24.1 Å². The van der Waals surface area contributed by atoms with Crippen LogP contribution in [0.15, 0.2) is 59.4 Å². The maximum absolute atomic E-state index is 13.7. The molecule has 3 aromatic rings. The van der Waals surface area contributed by atoms with Gasteiger partial charge in [0.15, 0.2) is 0 Å². The lowest BCUT2D eigenvalue weighted by molar-refractivity contribution is -0.136. The molecule has 6 nitrogen and oxygen atoms in total. The Balaban J connectivity index is 1.46. The Kier molecular flexibility index (Phi) is 4.87. The molecule has 5 rings (SSSR count). The van der Waals surface area contributed by atoms with Gasteiger partial charge in [-0.2, -0.15) is 0 Å². The molecule has 1 aromatic heterocycles. The van der Waals surface area contributed by atoms with E-state index in [1.807, 2.05) is 53.4 Å². The summed E-state index contributed by atoms with van der Waals surface area (Å²) in [7, 11) is 0. The average Bonchev–Trinajstić information content (AvgIpc) is 3.43. The van der Waals surface area contributed by atoms with Gasteiger partial charge in [0.05, 0.1) is 29.0 Å². The Morgan fingerprint density at radius 1 is 1.13 bits per heavy atom. The van der Waals surface area contributed by atoms with Crippen molar-refractivity contribution in [3.05, 3.63) is 76.3 Å². The van der Waals surface area contributed by atoms with Crippen LogP contribution in [0.25, 0.3) is 10.9 Å². The lowest BCUT2D eigenvalue weighted by Gasteiger charge is -2.29. The van der Waals surface area contributed by atoms with Crippen molar-refractivity contribution in [2.24, 2.45) is 0 Å². The van der Waals surface area contributed by atoms with Gasteiger partial charge in [-0.1, -0.05) is 42.5 Å². The summed E-state index contributed by atoms with van der Waals surface area (Å²) in [4.78, 5) is 35.5. The molecule has 2 heterocycles. The third kappa shape index (κ3) is 3.52. The SMILES string of the molecule is O=C(N(Cc1nc2ccccc2c(=O)[nH]1)CC1CCCO1)C1(c2ccccc2)CC1. The van der Waals surface area contributed by atoms with E-state index in [1.54, 1.807) is 6.07 Å². The highest BCUT2D eigenvalue weighted by molar-refractivity contribution is 5.91. The molecule has 1 N–H and O–H groups in total. The molecule has 2 aliphatic rings. The van der Waals surface area contributed by atoms with Crippen molar-refractivity contribution in [1.82, 2.24) is 14.9 Å². The second-order valence-electron chi connectivity index (χ2n) is 8.30. The highest BCUT2D eigenvalue weighted by Gasteiger charge is 2.53. The van der Waals surface area contributed by atoms with Crippen LogP contribution in [-0.2, 0) is 21.5 Å². The summed E-state index contributed by atoms with van der Waals surface area (Å²) >= 11 is 0. The van der Waals surface area contributed by atoms with E-state index in [4.69, 9.17) is 4.74 Å². The number of hydrogen-bond donors (Lipinski definition) is 1. The van der Waals surface area contributed by atoms with Crippen LogP contribution in [-0.4, -0.2) is 40.0 Å². The summed E-state index contributed by atoms with van der Waals surface area (Å²) in [5.74, 6) is 0.605. The lowest BCUT2D eigenvalue weighted by atomic mass is 9.94. The molecule has 1 saturated carbocycles. The van der Waals surface area contributed by atoms with E-state index in [9.17, 15) is 9.59 Å². The first-order valence-electron chi connectivity index (χ1n) is 10.6. The van der Waals surface area contributed by atoms with E-state index in [0.29, 0.717) is 23.3 Å². The van der Waals surface area contributed by atoms with Crippen molar-refractivity contribution < 1.29 is 9.53 Å². The smallest absolute Gasteiger partial charge is 0.258 e. The van der Waals surface area contributed by atoms with Gasteiger partial charge in [0, 0.05) is 13.2 Å². The molecule has 154 valence electrons. The van der Waals surface area contributed by atoms with E-state index in [2.05, 4.69) is 9.97 Å². The highest BCUT2D eigenvalue weighted by atomic mass is 16.5. The third-order valence-electron chi connectivity index (χ3n) is 6.22. The molecular formula is C24H25N3O3. The molecule has 2 aromatic carbocycles. The van der Waals surface area contributed by atoms with Crippen LogP contribution in [0.2, 0.25) is 0 Å². The van der Waals surface area contributed by atoms with Crippen molar-refractivity contribution in [1.29, 1.82) is 0 Å². The first-order chi connectivity index (χ1) is 14.7. The maximum Gasteiger partial charge on any atom is 0.258 e. The van der Waals surface area contributed by atoms with Gasteiger partial charge in [0.1, 0.15) is 5.82 Å². The zero-order valence-electron chi connectivity index (χ0n) is 16.8. The summed E-state index contributed by atoms with van der Waals surface area (Å²) in [6.45, 7) is 1.53. The number of fused-ring (bicyclic) bond motifs is 1. The Labute approximate surface area is 174 Å². The Morgan fingerprint density at radius 2 is 1.90 bits per heavy atom. The van der Waals surface area contributed by atoms with Crippen molar-refractivity contribution in [2.45, 2.75) is 43.7 Å². The van der Waals surface area contributed by atoms with Gasteiger partial charge in [0.25, 0.3) is 5.56 Å². The fourth-order valence-corrected chi connectivity index (χ4v) is 4.45. The zero-order valence-corrected chi connectivity index (χ0v) is 16.8. The van der Waals surface area contributed by atoms with Gasteiger partial charge in [-0.3, -0.25) is 9.59 Å². The number of aromatic nitrogens is 2. The van der Waals surface area contributed by atoms with Crippen LogP contribution >= 0.6 is 0 Å². The monoisotopic (exact) mass is 403 g/mol. The number of aromatic amines is 1. The Hall–Kier alpha value is -2.99. The molecule has 30 heavy (non-hydrogen) atoms. The third-order valence-corrected chi connectivity index (χ3v) is 6.22. The minimum atomic E-state index is -0.461. The van der Waals surface area contributed by atoms with Crippen LogP contribution in [0, 0.1) is 0 Å². The molecule has 1 aliphatic carbocycles. The molecule has 0 bridgehead atoms. The number of nitrogens with zero attached hydrogens (tertiary/aromatic N) is 2. The zero-order chi connectivity index (χ0) is 20.6. The number of hydrogen-bond acceptors (Lipinski definition) is 4. The number of carbonyl (C=O) groups excluding carboxylic acids is 1. The summed E-state index contributed by atoms with van der Waals surface area (Å²) in [5.41, 5.74) is 1.07. The normalized spacial score (nSPS) is 19.7. The van der Waals surface area contributed by atoms with Crippen molar-refractivity contribution >= 4 is 16.8 Å². The maximum atomic E-state index is 13.7. The fourth-order valence-electron chi connectivity index (χ4n) is 4.45. The lowest BCUT2D eigenvalue weighted by Crippen LogP contribution is -2.43. The molecule has 2 fully saturated rings. The summed E-state index contributed by atoms with van der Waals surface area (Å²) in [5, 5.41) is 0.557. The van der Waals surface area contributed by atoms with E-state index in [1.165, 1.54) is 0 Å². The molecule has 1 aliphatic heterocycles. The number of benzene rings is 2. The van der Waals surface area contributed by atoms with Crippen molar-refractivity contribution in [2.75, 3.05) is 13.2 Å². The van der Waals surface area contributed by atoms with E-state index < -0.39 is 5.41 Å². The van der Waals surface area contributed by atoms with Gasteiger partial charge < -0.3 is 14.6 Å². The summed E-state index contributed by atoms with van der Waals surface area (Å²) in [6.07, 6.45) is 3.69. The number of ether oxygens (including phenoxy) is 1. The molecule has 1 unspecified atom stereocenters. The molecule has 1 saturated heterocycles. The summed E-state index contributed by atoms with van der Waals surface area (Å²) < 4.78 is 5.82. The van der Waals surface area contributed by atoms with Gasteiger partial charge in [-0.25, -0.2) is 4.98 Å². The number of H-pyrrole nitrogens is 1. The van der Waals surface area contributed by atoms with E-state index in [0.717, 1.165) is 37.9 Å². The Morgan fingerprint density at radius 3 is 2.63 bits per heavy atom. The van der Waals surface area contributed by atoms with Gasteiger partial charge in [-0.15, -0.1) is 0 Å². The van der Waals surface area contributed by atoms with Gasteiger partial charge >= 0.3 is 0 Å². The predicted octanol–water partition coefficient (Wildman–Crippen LogP) is 3.16. The molecule has 1 amide bonds. The van der Waals surface area contributed by atoms with Gasteiger partial charge in [0.2, 0.25) is 5.91 Å². The summed E-state index contributed by atoms with van der Waals surface area (Å²) in [6, 6.07) is 17.3. The first kappa shape index (κ1) is 19.0. The van der Waals surface area contributed by atoms with Gasteiger partial charge in [-0.05, 0) is 43.4 Å². The van der Waals surface area contributed by atoms with Crippen LogP contribution in [0.4, 0.5) is 0 Å². The van der Waals surface area contributed by atoms with E-state index >= 15 is 0 Å². The standard InChI is InChI=1S/C24H25N3O3/c28-22-19-10-4-5-11-20(19)25-21(26-22)16-27(15-18-9-6-14-30-18)23(29)24(12-13-24)17-7-2-1-3-8-17/h1-5,7-8,10-11,18H,6,9,12-16H2,(H,25,26,28). The van der Waals surface area contributed by atoms with Crippen LogP contribution < -0.4 is 5.56 Å². The highest BCUT2D eigenvalue weighted by Crippen LogP contribution is 2.49. The number of nitrogens with one attached hydrogen (secondary N) is 1. The molecular weight excluding hydrogens is 378 g/mol. The molecule has 0 spiro atoms. The average molecular weight is 403 g/mol. The first-order valence-corrected chi connectivity index (χ1v) is 10.6. The largest absolute Gasteiger partial charge is 0.376 e. The predicted molar refractivity (Wildman–Crippen MR) is 114 cm³/mol. The minimum absolute atomic E-state index is 0.0349. The molecule has 0 radical (unpaired) electrons. The number of rotatable bonds is 6. The molecule has 1 atom stereocenters. The van der Waals surface area contributed by atoms with Crippen LogP contribution in [0.5, 0.6) is 0 Å². The van der Waals surface area contributed by atoms with Crippen molar-refractivity contribution in [3.8, 4) is 0 Å². The van der Waals surface area contributed by atoms with Crippen molar-refractivity contribution in [3.63, 3.8) is 0 Å². The Bertz CT molecular complexity index is 1120. The minimum Gasteiger partial charge on any atom is -0.376 e. The quantitative estimate of drug-likeness (QED) is 0.686. The molecule has 6 heteroatoms. The fraction of sp³-hybridized carbons (Fsp3) is 0.375.